The van der Waals surface area contributed by atoms with Gasteiger partial charge in [-0.2, -0.15) is 13.2 Å². The summed E-state index contributed by atoms with van der Waals surface area (Å²) in [7, 11) is 0. The summed E-state index contributed by atoms with van der Waals surface area (Å²) < 4.78 is 46.2. The SMILES string of the molecule is CCCCCCCCOc1ccc(Nc2nc(-c3ccc(O)nc3)cs2)cc1C(F)(F)F. The number of halogens is 3. The molecular formula is C23H26F3N3O2S. The van der Waals surface area contributed by atoms with Crippen LogP contribution in [0.25, 0.3) is 11.3 Å². The van der Waals surface area contributed by atoms with Gasteiger partial charge in [0, 0.05) is 28.9 Å². The van der Waals surface area contributed by atoms with Crippen LogP contribution >= 0.6 is 11.3 Å². The van der Waals surface area contributed by atoms with E-state index in [1.807, 2.05) is 0 Å². The highest BCUT2D eigenvalue weighted by molar-refractivity contribution is 7.14. The number of nitrogens with one attached hydrogen (secondary N) is 1. The molecule has 0 atom stereocenters. The lowest BCUT2D eigenvalue weighted by molar-refractivity contribution is -0.138. The summed E-state index contributed by atoms with van der Waals surface area (Å²) in [4.78, 5) is 8.19. The first-order chi connectivity index (χ1) is 15.4. The number of ether oxygens (including phenoxy) is 1. The van der Waals surface area contributed by atoms with Gasteiger partial charge in [-0.15, -0.1) is 11.3 Å². The van der Waals surface area contributed by atoms with Gasteiger partial charge in [0.1, 0.15) is 5.75 Å². The lowest BCUT2D eigenvalue weighted by Gasteiger charge is -2.15. The number of thiazole rings is 1. The van der Waals surface area contributed by atoms with Crippen LogP contribution in [0.2, 0.25) is 0 Å². The molecule has 0 saturated heterocycles. The van der Waals surface area contributed by atoms with Gasteiger partial charge in [-0.3, -0.25) is 0 Å². The summed E-state index contributed by atoms with van der Waals surface area (Å²) in [6.45, 7) is 2.40. The summed E-state index contributed by atoms with van der Waals surface area (Å²) >= 11 is 1.26. The zero-order chi connectivity index (χ0) is 23.0. The van der Waals surface area contributed by atoms with Crippen molar-refractivity contribution in [2.45, 2.75) is 51.6 Å². The summed E-state index contributed by atoms with van der Waals surface area (Å²) in [6, 6.07) is 7.05. The van der Waals surface area contributed by atoms with Crippen LogP contribution in [0.4, 0.5) is 24.0 Å². The third-order valence-corrected chi connectivity index (χ3v) is 5.60. The summed E-state index contributed by atoms with van der Waals surface area (Å²) in [5.41, 5.74) is 0.767. The number of nitrogens with zero attached hydrogens (tertiary/aromatic N) is 2. The van der Waals surface area contributed by atoms with E-state index < -0.39 is 11.7 Å². The van der Waals surface area contributed by atoms with E-state index in [1.165, 1.54) is 36.1 Å². The maximum Gasteiger partial charge on any atom is 0.420 e. The molecule has 5 nitrogen and oxygen atoms in total. The molecule has 172 valence electrons. The second kappa shape index (κ2) is 11.2. The van der Waals surface area contributed by atoms with Crippen molar-refractivity contribution in [2.24, 2.45) is 0 Å². The molecule has 0 unspecified atom stereocenters. The first kappa shape index (κ1) is 23.8. The number of hydrogen-bond donors (Lipinski definition) is 2. The second-order valence-corrected chi connectivity index (χ2v) is 8.25. The third-order valence-electron chi connectivity index (χ3n) is 4.84. The van der Waals surface area contributed by atoms with Crippen molar-refractivity contribution >= 4 is 22.2 Å². The minimum absolute atomic E-state index is 0.0965. The van der Waals surface area contributed by atoms with Crippen LogP contribution in [0.15, 0.2) is 41.9 Å². The maximum atomic E-state index is 13.6. The molecule has 0 radical (unpaired) electrons. The van der Waals surface area contributed by atoms with Crippen molar-refractivity contribution in [1.29, 1.82) is 0 Å². The van der Waals surface area contributed by atoms with Crippen molar-refractivity contribution < 1.29 is 23.0 Å². The topological polar surface area (TPSA) is 67.3 Å². The Labute approximate surface area is 189 Å². The third kappa shape index (κ3) is 6.85. The fraction of sp³-hybridized carbons (Fsp3) is 0.391. The first-order valence-corrected chi connectivity index (χ1v) is 11.5. The average molecular weight is 466 g/mol. The maximum absolute atomic E-state index is 13.6. The van der Waals surface area contributed by atoms with E-state index in [2.05, 4.69) is 22.2 Å². The predicted molar refractivity (Wildman–Crippen MR) is 121 cm³/mol. The van der Waals surface area contributed by atoms with Gasteiger partial charge in [0.25, 0.3) is 0 Å². The number of aromatic hydroxyl groups is 1. The molecule has 0 bridgehead atoms. The Morgan fingerprint density at radius 3 is 2.56 bits per heavy atom. The standard InChI is InChI=1S/C23H26F3N3O2S/c1-2-3-4-5-6-7-12-31-20-10-9-17(13-18(20)23(24,25)26)28-22-29-19(15-32-22)16-8-11-21(30)27-14-16/h8-11,13-15H,2-7,12H2,1H3,(H,27,30)(H,28,29). The van der Waals surface area contributed by atoms with E-state index >= 15 is 0 Å². The quantitative estimate of drug-likeness (QED) is 0.289. The van der Waals surface area contributed by atoms with Crippen LogP contribution in [-0.4, -0.2) is 21.7 Å². The molecule has 2 heterocycles. The lowest BCUT2D eigenvalue weighted by Crippen LogP contribution is -2.10. The molecule has 1 aromatic carbocycles. The van der Waals surface area contributed by atoms with Gasteiger partial charge in [-0.1, -0.05) is 39.0 Å². The van der Waals surface area contributed by atoms with Crippen molar-refractivity contribution in [1.82, 2.24) is 9.97 Å². The smallest absolute Gasteiger partial charge is 0.420 e. The molecule has 0 saturated carbocycles. The van der Waals surface area contributed by atoms with E-state index in [0.29, 0.717) is 16.4 Å². The summed E-state index contributed by atoms with van der Waals surface area (Å²) in [5.74, 6) is -0.257. The van der Waals surface area contributed by atoms with Gasteiger partial charge in [0.05, 0.1) is 17.9 Å². The molecular weight excluding hydrogens is 439 g/mol. The number of anilines is 2. The number of hydrogen-bond acceptors (Lipinski definition) is 6. The molecule has 0 aliphatic heterocycles. The van der Waals surface area contributed by atoms with Crippen molar-refractivity contribution in [2.75, 3.05) is 11.9 Å². The molecule has 2 N–H and O–H groups in total. The number of benzene rings is 1. The normalized spacial score (nSPS) is 11.5. The van der Waals surface area contributed by atoms with Gasteiger partial charge < -0.3 is 15.2 Å². The number of unbranched alkanes of at least 4 members (excludes halogenated alkanes) is 5. The molecule has 0 fully saturated rings. The molecule has 0 spiro atoms. The zero-order valence-corrected chi connectivity index (χ0v) is 18.6. The Kier molecular flexibility index (Phi) is 8.33. The Balaban J connectivity index is 1.64. The van der Waals surface area contributed by atoms with Gasteiger partial charge in [-0.25, -0.2) is 9.97 Å². The summed E-state index contributed by atoms with van der Waals surface area (Å²) in [6.07, 6.45) is 3.18. The number of aromatic nitrogens is 2. The molecule has 32 heavy (non-hydrogen) atoms. The molecule has 2 aromatic heterocycles. The Morgan fingerprint density at radius 1 is 1.06 bits per heavy atom. The molecule has 0 amide bonds. The highest BCUT2D eigenvalue weighted by Crippen LogP contribution is 2.39. The van der Waals surface area contributed by atoms with E-state index in [1.54, 1.807) is 17.5 Å². The summed E-state index contributed by atoms with van der Waals surface area (Å²) in [5, 5.41) is 14.4. The van der Waals surface area contributed by atoms with E-state index in [4.69, 9.17) is 4.74 Å². The van der Waals surface area contributed by atoms with Gasteiger partial charge >= 0.3 is 6.18 Å². The Morgan fingerprint density at radius 2 is 1.84 bits per heavy atom. The van der Waals surface area contributed by atoms with E-state index in [0.717, 1.165) is 38.2 Å². The predicted octanol–water partition coefficient (Wildman–Crippen LogP) is 7.41. The molecule has 0 aliphatic carbocycles. The number of alkyl halides is 3. The van der Waals surface area contributed by atoms with Crippen LogP contribution in [0.5, 0.6) is 11.6 Å². The minimum atomic E-state index is -4.53. The zero-order valence-electron chi connectivity index (χ0n) is 17.8. The number of rotatable bonds is 11. The van der Waals surface area contributed by atoms with Crippen LogP contribution in [-0.2, 0) is 6.18 Å². The van der Waals surface area contributed by atoms with Gasteiger partial charge in [0.15, 0.2) is 5.13 Å². The van der Waals surface area contributed by atoms with Crippen LogP contribution in [0, 0.1) is 0 Å². The molecule has 9 heteroatoms. The molecule has 3 rings (SSSR count). The van der Waals surface area contributed by atoms with Crippen LogP contribution in [0.3, 0.4) is 0 Å². The largest absolute Gasteiger partial charge is 0.493 e. The highest BCUT2D eigenvalue weighted by atomic mass is 32.1. The van der Waals surface area contributed by atoms with E-state index in [9.17, 15) is 18.3 Å². The minimum Gasteiger partial charge on any atom is -0.493 e. The monoisotopic (exact) mass is 465 g/mol. The van der Waals surface area contributed by atoms with E-state index in [-0.39, 0.29) is 23.9 Å². The molecule has 3 aromatic rings. The fourth-order valence-corrected chi connectivity index (χ4v) is 3.88. The Hall–Kier alpha value is -2.81. The molecule has 0 aliphatic rings. The van der Waals surface area contributed by atoms with Crippen molar-refractivity contribution in [3.63, 3.8) is 0 Å². The van der Waals surface area contributed by atoms with Crippen molar-refractivity contribution in [3.8, 4) is 22.9 Å². The second-order valence-electron chi connectivity index (χ2n) is 7.39. The lowest BCUT2D eigenvalue weighted by atomic mass is 10.1. The van der Waals surface area contributed by atoms with Gasteiger partial charge in [-0.05, 0) is 30.7 Å². The van der Waals surface area contributed by atoms with Crippen molar-refractivity contribution in [3.05, 3.63) is 47.5 Å². The average Bonchev–Trinajstić information content (AvgIpc) is 3.22. The Bertz CT molecular complexity index is 991. The first-order valence-electron chi connectivity index (χ1n) is 10.6. The number of pyridine rings is 1. The van der Waals surface area contributed by atoms with Crippen LogP contribution < -0.4 is 10.1 Å². The highest BCUT2D eigenvalue weighted by Gasteiger charge is 2.34. The van der Waals surface area contributed by atoms with Gasteiger partial charge in [0.2, 0.25) is 5.88 Å². The fourth-order valence-electron chi connectivity index (χ4n) is 3.14. The van der Waals surface area contributed by atoms with Crippen LogP contribution in [0.1, 0.15) is 51.0 Å².